The van der Waals surface area contributed by atoms with E-state index in [9.17, 15) is 9.59 Å². The van der Waals surface area contributed by atoms with Gasteiger partial charge in [-0.25, -0.2) is 0 Å². The molecule has 36 heavy (non-hydrogen) atoms. The number of hydrogen-bond donors (Lipinski definition) is 2. The molecule has 0 spiro atoms. The first kappa shape index (κ1) is 26.6. The van der Waals surface area contributed by atoms with Crippen LogP contribution in [0.3, 0.4) is 0 Å². The summed E-state index contributed by atoms with van der Waals surface area (Å²) in [6.45, 7) is 8.46. The van der Waals surface area contributed by atoms with E-state index in [1.54, 1.807) is 0 Å². The van der Waals surface area contributed by atoms with Crippen molar-refractivity contribution < 1.29 is 9.59 Å². The molecule has 2 aliphatic heterocycles. The Morgan fingerprint density at radius 2 is 1.03 bits per heavy atom. The molecular formula is C30H36N2O2S2. The van der Waals surface area contributed by atoms with Crippen molar-refractivity contribution in [3.05, 3.63) is 70.8 Å². The van der Waals surface area contributed by atoms with Gasteiger partial charge in [-0.05, 0) is 38.8 Å². The predicted molar refractivity (Wildman–Crippen MR) is 153 cm³/mol. The molecule has 2 atom stereocenters. The fraction of sp³-hybridized carbons (Fsp3) is 0.400. The number of unbranched alkanes of at least 4 members (excludes halogenated alkanes) is 2. The Labute approximate surface area is 226 Å². The SMILES string of the molecule is CCCCC(C)N1C(=O)C2=C(c3ccccc3S)N(C(C)CCCC)C(=O)C2=C1c1ccccc1S. The molecule has 2 aromatic carbocycles. The van der Waals surface area contributed by atoms with Gasteiger partial charge in [0, 0.05) is 33.0 Å². The minimum absolute atomic E-state index is 0.0442. The Bertz CT molecular complexity index is 1140. The maximum atomic E-state index is 14.3. The first-order valence-electron chi connectivity index (χ1n) is 13.1. The number of thiol groups is 2. The Hall–Kier alpha value is -2.44. The average Bonchev–Trinajstić information content (AvgIpc) is 3.33. The third kappa shape index (κ3) is 4.66. The molecule has 4 nitrogen and oxygen atoms in total. The lowest BCUT2D eigenvalue weighted by molar-refractivity contribution is -0.125. The first-order chi connectivity index (χ1) is 17.3. The lowest BCUT2D eigenvalue weighted by Crippen LogP contribution is -2.38. The van der Waals surface area contributed by atoms with Crippen LogP contribution in [-0.4, -0.2) is 33.7 Å². The minimum atomic E-state index is -0.106. The molecule has 0 saturated carbocycles. The van der Waals surface area contributed by atoms with Crippen LogP contribution in [0.25, 0.3) is 11.4 Å². The monoisotopic (exact) mass is 520 g/mol. The molecule has 0 aromatic heterocycles. The summed E-state index contributed by atoms with van der Waals surface area (Å²) in [4.78, 5) is 33.8. The molecule has 0 bridgehead atoms. The summed E-state index contributed by atoms with van der Waals surface area (Å²) < 4.78 is 0. The van der Waals surface area contributed by atoms with E-state index in [1.165, 1.54) is 0 Å². The summed E-state index contributed by atoms with van der Waals surface area (Å²) in [6, 6.07) is 15.4. The second kappa shape index (κ2) is 11.3. The molecule has 2 unspecified atom stereocenters. The summed E-state index contributed by atoms with van der Waals surface area (Å²) in [6.07, 6.45) is 5.84. The maximum Gasteiger partial charge on any atom is 0.261 e. The van der Waals surface area contributed by atoms with E-state index in [4.69, 9.17) is 25.3 Å². The third-order valence-corrected chi connectivity index (χ3v) is 8.00. The van der Waals surface area contributed by atoms with Crippen molar-refractivity contribution in [1.82, 2.24) is 9.80 Å². The molecule has 2 amide bonds. The number of amides is 2. The summed E-state index contributed by atoms with van der Waals surface area (Å²) in [5.74, 6) is -0.212. The van der Waals surface area contributed by atoms with Gasteiger partial charge in [0.2, 0.25) is 0 Å². The number of fused-ring (bicyclic) bond motifs is 1. The van der Waals surface area contributed by atoms with Gasteiger partial charge in [-0.3, -0.25) is 9.59 Å². The fourth-order valence-corrected chi connectivity index (χ4v) is 5.85. The van der Waals surface area contributed by atoms with E-state index < -0.39 is 0 Å². The average molecular weight is 521 g/mol. The zero-order chi connectivity index (χ0) is 26.0. The maximum absolute atomic E-state index is 14.3. The number of benzene rings is 2. The van der Waals surface area contributed by atoms with E-state index in [0.717, 1.165) is 59.4 Å². The zero-order valence-electron chi connectivity index (χ0n) is 21.6. The second-order valence-electron chi connectivity index (χ2n) is 9.81. The Balaban J connectivity index is 2.01. The van der Waals surface area contributed by atoms with Gasteiger partial charge in [-0.2, -0.15) is 0 Å². The van der Waals surface area contributed by atoms with E-state index in [2.05, 4.69) is 27.7 Å². The van der Waals surface area contributed by atoms with Gasteiger partial charge in [0.15, 0.2) is 0 Å². The van der Waals surface area contributed by atoms with E-state index in [0.29, 0.717) is 22.5 Å². The molecule has 0 aliphatic carbocycles. The van der Waals surface area contributed by atoms with E-state index in [-0.39, 0.29) is 23.9 Å². The van der Waals surface area contributed by atoms with Crippen LogP contribution in [0.4, 0.5) is 0 Å². The molecule has 0 N–H and O–H groups in total. The largest absolute Gasteiger partial charge is 0.304 e. The summed E-state index contributed by atoms with van der Waals surface area (Å²) in [5.41, 5.74) is 4.01. The van der Waals surface area contributed by atoms with Crippen molar-refractivity contribution in [1.29, 1.82) is 0 Å². The van der Waals surface area contributed by atoms with Crippen LogP contribution in [0.5, 0.6) is 0 Å². The van der Waals surface area contributed by atoms with Crippen molar-refractivity contribution in [2.45, 2.75) is 88.1 Å². The number of carbonyl (C=O) groups excluding carboxylic acids is 2. The molecule has 2 heterocycles. The quantitative estimate of drug-likeness (QED) is 0.325. The van der Waals surface area contributed by atoms with Crippen LogP contribution in [0.1, 0.15) is 77.3 Å². The molecule has 2 aromatic rings. The van der Waals surface area contributed by atoms with Crippen molar-refractivity contribution in [3.8, 4) is 0 Å². The number of rotatable bonds is 10. The van der Waals surface area contributed by atoms with Gasteiger partial charge >= 0.3 is 0 Å². The Morgan fingerprint density at radius 3 is 1.36 bits per heavy atom. The van der Waals surface area contributed by atoms with Crippen LogP contribution >= 0.6 is 25.3 Å². The minimum Gasteiger partial charge on any atom is -0.304 e. The molecule has 0 saturated heterocycles. The van der Waals surface area contributed by atoms with Gasteiger partial charge in [0.05, 0.1) is 22.5 Å². The smallest absolute Gasteiger partial charge is 0.261 e. The number of carbonyl (C=O) groups is 2. The summed E-state index contributed by atoms with van der Waals surface area (Å²) >= 11 is 9.47. The lowest BCUT2D eigenvalue weighted by Gasteiger charge is -2.32. The van der Waals surface area contributed by atoms with Crippen LogP contribution in [0, 0.1) is 0 Å². The van der Waals surface area contributed by atoms with Gasteiger partial charge in [0.1, 0.15) is 0 Å². The highest BCUT2D eigenvalue weighted by atomic mass is 32.1. The number of hydrogen-bond acceptors (Lipinski definition) is 4. The number of nitrogens with zero attached hydrogens (tertiary/aromatic N) is 2. The molecule has 0 fully saturated rings. The topological polar surface area (TPSA) is 40.6 Å². The van der Waals surface area contributed by atoms with Crippen LogP contribution in [0.15, 0.2) is 69.5 Å². The fourth-order valence-electron chi connectivity index (χ4n) is 5.31. The predicted octanol–water partition coefficient (Wildman–Crippen LogP) is 7.23. The first-order valence-corrected chi connectivity index (χ1v) is 14.0. The van der Waals surface area contributed by atoms with Crippen molar-refractivity contribution in [3.63, 3.8) is 0 Å². The molecular weight excluding hydrogens is 484 g/mol. The lowest BCUT2D eigenvalue weighted by atomic mass is 10.0. The van der Waals surface area contributed by atoms with Crippen LogP contribution in [0.2, 0.25) is 0 Å². The molecule has 190 valence electrons. The zero-order valence-corrected chi connectivity index (χ0v) is 23.4. The third-order valence-electron chi connectivity index (χ3n) is 7.22. The van der Waals surface area contributed by atoms with Crippen molar-refractivity contribution in [2.24, 2.45) is 0 Å². The summed E-state index contributed by atoms with van der Waals surface area (Å²) in [7, 11) is 0. The van der Waals surface area contributed by atoms with Gasteiger partial charge in [-0.15, -0.1) is 25.3 Å². The molecule has 6 heteroatoms. The normalized spacial score (nSPS) is 17.4. The van der Waals surface area contributed by atoms with Crippen molar-refractivity contribution in [2.75, 3.05) is 0 Å². The standard InChI is InChI=1S/C30H36N2O2S2/c1-5-7-13-19(3)31-27(21-15-9-11-17-23(21)35)25-26(29(31)33)28(22-16-10-12-18-24(22)36)32(30(25)34)20(4)14-8-6-2/h9-12,15-20,35-36H,5-8,13-14H2,1-4H3. The second-order valence-corrected chi connectivity index (χ2v) is 10.8. The highest BCUT2D eigenvalue weighted by Crippen LogP contribution is 2.50. The highest BCUT2D eigenvalue weighted by Gasteiger charge is 2.51. The van der Waals surface area contributed by atoms with Crippen LogP contribution in [-0.2, 0) is 9.59 Å². The highest BCUT2D eigenvalue weighted by molar-refractivity contribution is 7.80. The summed E-state index contributed by atoms with van der Waals surface area (Å²) in [5, 5.41) is 0. The Kier molecular flexibility index (Phi) is 8.36. The van der Waals surface area contributed by atoms with E-state index >= 15 is 0 Å². The van der Waals surface area contributed by atoms with Crippen molar-refractivity contribution >= 4 is 48.5 Å². The Morgan fingerprint density at radius 1 is 0.667 bits per heavy atom. The van der Waals surface area contributed by atoms with Gasteiger partial charge in [0.25, 0.3) is 11.8 Å². The molecule has 4 rings (SSSR count). The molecule has 0 radical (unpaired) electrons. The van der Waals surface area contributed by atoms with E-state index in [1.807, 2.05) is 58.3 Å². The molecule has 2 aliphatic rings. The van der Waals surface area contributed by atoms with Gasteiger partial charge < -0.3 is 9.80 Å². The van der Waals surface area contributed by atoms with Crippen LogP contribution < -0.4 is 0 Å². The van der Waals surface area contributed by atoms with Gasteiger partial charge in [-0.1, -0.05) is 75.9 Å².